The summed E-state index contributed by atoms with van der Waals surface area (Å²) in [4.78, 5) is 8.03. The molecular weight excluding hydrogens is 274 g/mol. The number of hydrogen-bond acceptors (Lipinski definition) is 6. The van der Waals surface area contributed by atoms with E-state index in [1.165, 1.54) is 4.88 Å². The Hall–Kier alpha value is -0.690. The molecule has 20 heavy (non-hydrogen) atoms. The summed E-state index contributed by atoms with van der Waals surface area (Å²) in [6, 6.07) is 0. The van der Waals surface area contributed by atoms with Gasteiger partial charge in [0.2, 0.25) is 0 Å². The molecule has 0 bridgehead atoms. The fraction of sp³-hybridized carbons (Fsp3) is 0.786. The van der Waals surface area contributed by atoms with Gasteiger partial charge in [0.1, 0.15) is 0 Å². The van der Waals surface area contributed by atoms with Gasteiger partial charge in [-0.05, 0) is 26.8 Å². The maximum Gasteiger partial charge on any atom is 0.185 e. The number of thiazole rings is 1. The number of nitrogens with zero attached hydrogens (tertiary/aromatic N) is 2. The van der Waals surface area contributed by atoms with Crippen LogP contribution in [0.4, 0.5) is 5.13 Å². The van der Waals surface area contributed by atoms with Crippen LogP contribution in [0.1, 0.15) is 25.1 Å². The molecule has 0 spiro atoms. The summed E-state index contributed by atoms with van der Waals surface area (Å²) in [5, 5.41) is 4.54. The summed E-state index contributed by atoms with van der Waals surface area (Å²) >= 11 is 1.77. The van der Waals surface area contributed by atoms with Gasteiger partial charge in [0.25, 0.3) is 0 Å². The first-order valence-corrected chi connectivity index (χ1v) is 8.10. The zero-order valence-corrected chi connectivity index (χ0v) is 13.7. The third-order valence-electron chi connectivity index (χ3n) is 2.95. The molecule has 0 amide bonds. The van der Waals surface area contributed by atoms with Crippen molar-refractivity contribution in [3.8, 4) is 0 Å². The Balaban J connectivity index is 2.10. The van der Waals surface area contributed by atoms with Crippen molar-refractivity contribution >= 4 is 16.5 Å². The van der Waals surface area contributed by atoms with Crippen molar-refractivity contribution in [2.75, 3.05) is 51.5 Å². The van der Waals surface area contributed by atoms with Crippen LogP contribution in [0.15, 0.2) is 6.20 Å². The molecule has 0 saturated heterocycles. The standard InChI is InChI=1S/C14H27N3O2S/c1-4-17(5-2)14-16-12-13(20-14)11-15-7-6-8-19-10-9-18-3/h12,15H,4-11H2,1-3H3. The lowest BCUT2D eigenvalue weighted by atomic mass is 10.4. The van der Waals surface area contributed by atoms with Crippen LogP contribution in [0.2, 0.25) is 0 Å². The van der Waals surface area contributed by atoms with E-state index in [0.717, 1.165) is 44.3 Å². The quantitative estimate of drug-likeness (QED) is 0.599. The van der Waals surface area contributed by atoms with Gasteiger partial charge in [-0.1, -0.05) is 0 Å². The van der Waals surface area contributed by atoms with Gasteiger partial charge in [-0.2, -0.15) is 0 Å². The third kappa shape index (κ3) is 6.65. The SMILES string of the molecule is CCN(CC)c1ncc(CNCCCOCCOC)s1. The fourth-order valence-electron chi connectivity index (χ4n) is 1.77. The molecule has 0 atom stereocenters. The summed E-state index contributed by atoms with van der Waals surface area (Å²) in [6.07, 6.45) is 2.99. The average Bonchev–Trinajstić information content (AvgIpc) is 2.92. The van der Waals surface area contributed by atoms with Gasteiger partial charge in [-0.25, -0.2) is 4.98 Å². The topological polar surface area (TPSA) is 46.6 Å². The van der Waals surface area contributed by atoms with Crippen molar-refractivity contribution in [2.24, 2.45) is 0 Å². The second-order valence-electron chi connectivity index (χ2n) is 4.42. The van der Waals surface area contributed by atoms with Crippen molar-refractivity contribution < 1.29 is 9.47 Å². The van der Waals surface area contributed by atoms with Crippen molar-refractivity contribution in [3.05, 3.63) is 11.1 Å². The number of rotatable bonds is 12. The normalized spacial score (nSPS) is 10.9. The second kappa shape index (κ2) is 11.0. The molecule has 0 unspecified atom stereocenters. The third-order valence-corrected chi connectivity index (χ3v) is 4.01. The van der Waals surface area contributed by atoms with E-state index in [0.29, 0.717) is 13.2 Å². The highest BCUT2D eigenvalue weighted by molar-refractivity contribution is 7.15. The fourth-order valence-corrected chi connectivity index (χ4v) is 2.78. The van der Waals surface area contributed by atoms with Gasteiger partial charge in [-0.3, -0.25) is 0 Å². The average molecular weight is 301 g/mol. The minimum Gasteiger partial charge on any atom is -0.382 e. The molecule has 0 aromatic carbocycles. The van der Waals surface area contributed by atoms with Crippen LogP contribution in [-0.4, -0.2) is 51.5 Å². The summed E-state index contributed by atoms with van der Waals surface area (Å²) < 4.78 is 10.3. The molecule has 1 N–H and O–H groups in total. The molecule has 1 aromatic heterocycles. The lowest BCUT2D eigenvalue weighted by molar-refractivity contribution is 0.0695. The van der Waals surface area contributed by atoms with Gasteiger partial charge in [0.15, 0.2) is 5.13 Å². The van der Waals surface area contributed by atoms with Gasteiger partial charge in [0, 0.05) is 44.4 Å². The summed E-state index contributed by atoms with van der Waals surface area (Å²) in [5.74, 6) is 0. The van der Waals surface area contributed by atoms with E-state index in [2.05, 4.69) is 29.0 Å². The maximum atomic E-state index is 5.41. The zero-order valence-electron chi connectivity index (χ0n) is 12.9. The lowest BCUT2D eigenvalue weighted by Crippen LogP contribution is -2.21. The molecule has 5 nitrogen and oxygen atoms in total. The molecule has 0 fully saturated rings. The first-order chi connectivity index (χ1) is 9.81. The van der Waals surface area contributed by atoms with E-state index in [4.69, 9.17) is 9.47 Å². The van der Waals surface area contributed by atoms with Crippen LogP contribution < -0.4 is 10.2 Å². The molecule has 1 aromatic rings. The Morgan fingerprint density at radius 1 is 1.25 bits per heavy atom. The van der Waals surface area contributed by atoms with E-state index in [1.807, 2.05) is 6.20 Å². The monoisotopic (exact) mass is 301 g/mol. The van der Waals surface area contributed by atoms with E-state index in [1.54, 1.807) is 18.4 Å². The van der Waals surface area contributed by atoms with E-state index < -0.39 is 0 Å². The molecule has 0 radical (unpaired) electrons. The lowest BCUT2D eigenvalue weighted by Gasteiger charge is -2.16. The van der Waals surface area contributed by atoms with Crippen LogP contribution in [0.5, 0.6) is 0 Å². The largest absolute Gasteiger partial charge is 0.382 e. The van der Waals surface area contributed by atoms with Crippen LogP contribution in [0, 0.1) is 0 Å². The highest BCUT2D eigenvalue weighted by Crippen LogP contribution is 2.21. The number of hydrogen-bond donors (Lipinski definition) is 1. The highest BCUT2D eigenvalue weighted by Gasteiger charge is 2.07. The molecule has 0 aliphatic carbocycles. The second-order valence-corrected chi connectivity index (χ2v) is 5.51. The Labute approximate surface area is 126 Å². The van der Waals surface area contributed by atoms with E-state index in [-0.39, 0.29) is 0 Å². The highest BCUT2D eigenvalue weighted by atomic mass is 32.1. The number of aromatic nitrogens is 1. The zero-order chi connectivity index (χ0) is 14.6. The molecule has 0 saturated carbocycles. The first-order valence-electron chi connectivity index (χ1n) is 7.28. The van der Waals surface area contributed by atoms with Crippen molar-refractivity contribution in [3.63, 3.8) is 0 Å². The van der Waals surface area contributed by atoms with Gasteiger partial charge >= 0.3 is 0 Å². The van der Waals surface area contributed by atoms with Crippen molar-refractivity contribution in [2.45, 2.75) is 26.8 Å². The molecule has 6 heteroatoms. The number of methoxy groups -OCH3 is 1. The minimum absolute atomic E-state index is 0.669. The predicted molar refractivity (Wildman–Crippen MR) is 84.7 cm³/mol. The van der Waals surface area contributed by atoms with Crippen LogP contribution in [0.3, 0.4) is 0 Å². The Kier molecular flexibility index (Phi) is 9.57. The summed E-state index contributed by atoms with van der Waals surface area (Å²) in [7, 11) is 1.69. The Morgan fingerprint density at radius 2 is 2.05 bits per heavy atom. The predicted octanol–water partition coefficient (Wildman–Crippen LogP) is 2.13. The van der Waals surface area contributed by atoms with Crippen LogP contribution in [0.25, 0.3) is 0 Å². The van der Waals surface area contributed by atoms with Crippen molar-refractivity contribution in [1.29, 1.82) is 0 Å². The Morgan fingerprint density at radius 3 is 2.75 bits per heavy atom. The van der Waals surface area contributed by atoms with E-state index in [9.17, 15) is 0 Å². The van der Waals surface area contributed by atoms with Gasteiger partial charge < -0.3 is 19.7 Å². The first kappa shape index (κ1) is 17.4. The van der Waals surface area contributed by atoms with Crippen LogP contribution >= 0.6 is 11.3 Å². The Bertz CT molecular complexity index is 343. The molecule has 1 rings (SSSR count). The number of ether oxygens (including phenoxy) is 2. The molecular formula is C14H27N3O2S. The van der Waals surface area contributed by atoms with Crippen LogP contribution in [-0.2, 0) is 16.0 Å². The molecule has 0 aliphatic heterocycles. The van der Waals surface area contributed by atoms with Gasteiger partial charge in [-0.15, -0.1) is 11.3 Å². The number of anilines is 1. The number of nitrogens with one attached hydrogen (secondary N) is 1. The molecule has 0 aliphatic rings. The smallest absolute Gasteiger partial charge is 0.185 e. The molecule has 1 heterocycles. The molecule has 116 valence electrons. The summed E-state index contributed by atoms with van der Waals surface area (Å²) in [5.41, 5.74) is 0. The van der Waals surface area contributed by atoms with Gasteiger partial charge in [0.05, 0.1) is 13.2 Å². The summed E-state index contributed by atoms with van der Waals surface area (Å²) in [6.45, 7) is 10.3. The van der Waals surface area contributed by atoms with Crippen molar-refractivity contribution in [1.82, 2.24) is 10.3 Å². The van der Waals surface area contributed by atoms with E-state index >= 15 is 0 Å². The minimum atomic E-state index is 0.669. The maximum absolute atomic E-state index is 5.41.